The van der Waals surface area contributed by atoms with Crippen LogP contribution in [0.25, 0.3) is 28.1 Å². The highest BCUT2D eigenvalue weighted by Gasteiger charge is 2.18. The molecule has 0 spiro atoms. The smallest absolute Gasteiger partial charge is 0.130 e. The minimum Gasteiger partial charge on any atom is -0.381 e. The van der Waals surface area contributed by atoms with Crippen molar-refractivity contribution in [3.05, 3.63) is 96.2 Å². The minimum absolute atomic E-state index is 0.179. The van der Waals surface area contributed by atoms with Gasteiger partial charge in [-0.05, 0) is 73.5 Å². The number of pyridine rings is 1. The van der Waals surface area contributed by atoms with E-state index in [1.165, 1.54) is 12.1 Å². The van der Waals surface area contributed by atoms with Crippen molar-refractivity contribution in [3.8, 4) is 17.1 Å². The molecule has 1 aromatic heterocycles. The van der Waals surface area contributed by atoms with E-state index < -0.39 is 0 Å². The summed E-state index contributed by atoms with van der Waals surface area (Å²) in [6.07, 6.45) is 3.52. The maximum absolute atomic E-state index is 13.8. The first kappa shape index (κ1) is 21.4. The second-order valence-corrected chi connectivity index (χ2v) is 8.58. The molecule has 6 nitrogen and oxygen atoms in total. The number of para-hydroxylation sites is 2. The Balaban J connectivity index is 1.62. The molecule has 7 heteroatoms. The molecule has 2 aromatic carbocycles. The molecule has 3 aromatic rings. The van der Waals surface area contributed by atoms with E-state index in [-0.39, 0.29) is 11.9 Å². The third-order valence-corrected chi connectivity index (χ3v) is 6.22. The average molecular weight is 466 g/mol. The van der Waals surface area contributed by atoms with E-state index in [1.807, 2.05) is 48.5 Å². The lowest BCUT2D eigenvalue weighted by Crippen LogP contribution is -2.23. The van der Waals surface area contributed by atoms with Crippen molar-refractivity contribution in [3.63, 3.8) is 0 Å². The van der Waals surface area contributed by atoms with Crippen molar-refractivity contribution in [2.24, 2.45) is 4.99 Å². The summed E-state index contributed by atoms with van der Waals surface area (Å²) in [7, 11) is 0. The van der Waals surface area contributed by atoms with Gasteiger partial charge in [-0.15, -0.1) is 0 Å². The normalized spacial score (nSPS) is 15.1. The highest BCUT2D eigenvalue weighted by atomic mass is 19.1. The van der Waals surface area contributed by atoms with E-state index in [1.54, 1.807) is 18.3 Å². The Morgan fingerprint density at radius 2 is 1.74 bits per heavy atom. The molecule has 0 unspecified atom stereocenters. The number of halogens is 1. The van der Waals surface area contributed by atoms with E-state index in [4.69, 9.17) is 14.7 Å². The summed E-state index contributed by atoms with van der Waals surface area (Å²) in [6.45, 7) is 1.43. The van der Waals surface area contributed by atoms with E-state index >= 15 is 0 Å². The standard InChI is InChI=1S/C28H24FN5O/c29-19-8-10-21(11-9-19)34-26-6-2-1-5-22(26)32-25-17-23(33-28-7-3-4-14-30-28)24(18-27(25)34)31-20-12-15-35-16-13-20/h1-11,14,17-18,20H,12-13,15-16H2,(H,30,33)/b31-24+. The van der Waals surface area contributed by atoms with Crippen molar-refractivity contribution in [1.29, 1.82) is 0 Å². The zero-order valence-electron chi connectivity index (χ0n) is 19.1. The van der Waals surface area contributed by atoms with Crippen LogP contribution in [0, 0.1) is 5.82 Å². The van der Waals surface area contributed by atoms with Crippen molar-refractivity contribution >= 4 is 22.5 Å². The van der Waals surface area contributed by atoms with Gasteiger partial charge in [-0.3, -0.25) is 4.99 Å². The maximum Gasteiger partial charge on any atom is 0.130 e. The predicted molar refractivity (Wildman–Crippen MR) is 135 cm³/mol. The fourth-order valence-electron chi connectivity index (χ4n) is 4.50. The van der Waals surface area contributed by atoms with Gasteiger partial charge in [0.25, 0.3) is 0 Å². The van der Waals surface area contributed by atoms with Gasteiger partial charge in [0.05, 0.1) is 39.5 Å². The Morgan fingerprint density at radius 3 is 2.54 bits per heavy atom. The molecular formula is C28H24FN5O. The molecule has 1 aliphatic carbocycles. The van der Waals surface area contributed by atoms with Crippen molar-refractivity contribution in [1.82, 2.24) is 14.5 Å². The Morgan fingerprint density at radius 1 is 0.943 bits per heavy atom. The summed E-state index contributed by atoms with van der Waals surface area (Å²) in [5, 5.41) is 4.27. The molecule has 6 rings (SSSR count). The first-order valence-electron chi connectivity index (χ1n) is 11.8. The molecule has 0 atom stereocenters. The molecule has 0 saturated carbocycles. The molecule has 3 aliphatic rings. The van der Waals surface area contributed by atoms with Crippen LogP contribution in [0.15, 0.2) is 90.1 Å². The fourth-order valence-corrected chi connectivity index (χ4v) is 4.50. The highest BCUT2D eigenvalue weighted by molar-refractivity contribution is 5.84. The van der Waals surface area contributed by atoms with Crippen LogP contribution in [0.2, 0.25) is 0 Å². The molecule has 35 heavy (non-hydrogen) atoms. The molecule has 174 valence electrons. The number of fused-ring (bicyclic) bond motifs is 2. The largest absolute Gasteiger partial charge is 0.381 e. The SMILES string of the molecule is Fc1ccc(-n2c3c/c(=N\C4CCOCC4)c(Nc4ccccn4)cc-3nc3ccccc32)cc1. The molecule has 0 bridgehead atoms. The van der Waals surface area contributed by atoms with Gasteiger partial charge in [0.1, 0.15) is 11.6 Å². The molecule has 1 fully saturated rings. The van der Waals surface area contributed by atoms with E-state index in [9.17, 15) is 4.39 Å². The molecule has 1 saturated heterocycles. The molecule has 0 radical (unpaired) electrons. The van der Waals surface area contributed by atoms with Crippen LogP contribution in [-0.2, 0) is 4.74 Å². The number of ether oxygens (including phenoxy) is 1. The maximum atomic E-state index is 13.8. The summed E-state index contributed by atoms with van der Waals surface area (Å²) in [5.74, 6) is 0.469. The van der Waals surface area contributed by atoms with E-state index in [0.29, 0.717) is 13.2 Å². The van der Waals surface area contributed by atoms with Gasteiger partial charge in [0.2, 0.25) is 0 Å². The summed E-state index contributed by atoms with van der Waals surface area (Å²) < 4.78 is 21.4. The van der Waals surface area contributed by atoms with Gasteiger partial charge >= 0.3 is 0 Å². The summed E-state index contributed by atoms with van der Waals surface area (Å²) >= 11 is 0. The van der Waals surface area contributed by atoms with Crippen molar-refractivity contribution in [2.75, 3.05) is 18.5 Å². The van der Waals surface area contributed by atoms with Crippen LogP contribution >= 0.6 is 0 Å². The number of rotatable bonds is 4. The Labute approximate surface area is 202 Å². The number of hydrogen-bond donors (Lipinski definition) is 1. The van der Waals surface area contributed by atoms with Crippen molar-refractivity contribution in [2.45, 2.75) is 18.9 Å². The zero-order chi connectivity index (χ0) is 23.6. The first-order valence-corrected chi connectivity index (χ1v) is 11.8. The zero-order valence-corrected chi connectivity index (χ0v) is 19.1. The predicted octanol–water partition coefficient (Wildman–Crippen LogP) is 5.49. The molecular weight excluding hydrogens is 441 g/mol. The number of benzene rings is 3. The van der Waals surface area contributed by atoms with Gasteiger partial charge in [-0.25, -0.2) is 14.4 Å². The number of nitrogens with zero attached hydrogens (tertiary/aromatic N) is 4. The summed E-state index contributed by atoms with van der Waals surface area (Å²) in [6, 6.07) is 24.5. The number of aromatic nitrogens is 3. The van der Waals surface area contributed by atoms with Crippen molar-refractivity contribution < 1.29 is 9.13 Å². The first-order chi connectivity index (χ1) is 17.2. The van der Waals surface area contributed by atoms with Crippen LogP contribution in [0.5, 0.6) is 0 Å². The average Bonchev–Trinajstić information content (AvgIpc) is 2.90. The monoisotopic (exact) mass is 465 g/mol. The Kier molecular flexibility index (Phi) is 5.68. The van der Waals surface area contributed by atoms with Crippen LogP contribution in [0.3, 0.4) is 0 Å². The topological polar surface area (TPSA) is 64.3 Å². The van der Waals surface area contributed by atoms with Gasteiger partial charge in [0, 0.05) is 25.1 Å². The lowest BCUT2D eigenvalue weighted by Gasteiger charge is -2.21. The van der Waals surface area contributed by atoms with Gasteiger partial charge in [0.15, 0.2) is 0 Å². The molecule has 3 heterocycles. The van der Waals surface area contributed by atoms with Crippen LogP contribution in [-0.4, -0.2) is 33.8 Å². The number of nitrogens with one attached hydrogen (secondary N) is 1. The number of hydrogen-bond acceptors (Lipinski definition) is 5. The molecule has 0 amide bonds. The highest BCUT2D eigenvalue weighted by Crippen LogP contribution is 2.30. The second-order valence-electron chi connectivity index (χ2n) is 8.58. The van der Waals surface area contributed by atoms with Crippen LogP contribution in [0.1, 0.15) is 12.8 Å². The minimum atomic E-state index is -0.269. The number of anilines is 2. The Hall–Kier alpha value is -4.10. The van der Waals surface area contributed by atoms with Gasteiger partial charge < -0.3 is 14.6 Å². The third-order valence-electron chi connectivity index (χ3n) is 6.22. The van der Waals surface area contributed by atoms with E-state index in [2.05, 4.69) is 20.9 Å². The third kappa shape index (κ3) is 4.38. The van der Waals surface area contributed by atoms with Gasteiger partial charge in [-0.2, -0.15) is 0 Å². The van der Waals surface area contributed by atoms with Crippen LogP contribution < -0.4 is 10.7 Å². The Bertz CT molecular complexity index is 1510. The molecule has 2 aliphatic heterocycles. The lowest BCUT2D eigenvalue weighted by atomic mass is 10.1. The summed E-state index contributed by atoms with van der Waals surface area (Å²) in [5.41, 5.74) is 5.19. The molecule has 1 N–H and O–H groups in total. The van der Waals surface area contributed by atoms with Crippen LogP contribution in [0.4, 0.5) is 15.9 Å². The lowest BCUT2D eigenvalue weighted by molar-refractivity contribution is 0.0864. The summed E-state index contributed by atoms with van der Waals surface area (Å²) in [4.78, 5) is 14.5. The van der Waals surface area contributed by atoms with Gasteiger partial charge in [-0.1, -0.05) is 18.2 Å². The fraction of sp³-hybridized carbons (Fsp3) is 0.179. The van der Waals surface area contributed by atoms with E-state index in [0.717, 1.165) is 57.8 Å². The second kappa shape index (κ2) is 9.27. The quantitative estimate of drug-likeness (QED) is 0.357.